The van der Waals surface area contributed by atoms with Gasteiger partial charge in [0.25, 0.3) is 0 Å². The Bertz CT molecular complexity index is 606. The molecule has 1 unspecified atom stereocenters. The molecular formula is C19H29ClFN3O. The fourth-order valence-corrected chi connectivity index (χ4v) is 3.63. The molecule has 0 bridgehead atoms. The van der Waals surface area contributed by atoms with Gasteiger partial charge in [0.15, 0.2) is 5.96 Å². The number of nitrogens with one attached hydrogen (secondary N) is 1. The van der Waals surface area contributed by atoms with Gasteiger partial charge in [-0.25, -0.2) is 4.39 Å². The summed E-state index contributed by atoms with van der Waals surface area (Å²) in [5, 5.41) is 3.91. The smallest absolute Gasteiger partial charge is 0.193 e. The third kappa shape index (κ3) is 5.32. The van der Waals surface area contributed by atoms with Crippen molar-refractivity contribution in [2.24, 2.45) is 10.9 Å². The normalized spacial score (nSPS) is 18.7. The zero-order valence-corrected chi connectivity index (χ0v) is 16.4. The predicted octanol–water partition coefficient (Wildman–Crippen LogP) is 3.69. The summed E-state index contributed by atoms with van der Waals surface area (Å²) >= 11 is 6.24. The Labute approximate surface area is 155 Å². The monoisotopic (exact) mass is 369 g/mol. The van der Waals surface area contributed by atoms with Crippen molar-refractivity contribution in [3.63, 3.8) is 0 Å². The number of aliphatic imine (C=N–C) groups is 1. The van der Waals surface area contributed by atoms with Crippen molar-refractivity contribution in [3.8, 4) is 0 Å². The largest absolute Gasteiger partial charge is 0.381 e. The van der Waals surface area contributed by atoms with Crippen LogP contribution in [0.15, 0.2) is 23.2 Å². The first-order valence-corrected chi connectivity index (χ1v) is 9.24. The van der Waals surface area contributed by atoms with Crippen LogP contribution in [-0.4, -0.2) is 50.8 Å². The molecule has 1 saturated heterocycles. The van der Waals surface area contributed by atoms with Crippen LogP contribution in [-0.2, 0) is 10.2 Å². The van der Waals surface area contributed by atoms with Crippen molar-refractivity contribution in [3.05, 3.63) is 34.6 Å². The molecule has 0 aromatic heterocycles. The highest BCUT2D eigenvalue weighted by Crippen LogP contribution is 2.30. The molecule has 0 aliphatic carbocycles. The fourth-order valence-electron chi connectivity index (χ4n) is 3.21. The first-order chi connectivity index (χ1) is 11.9. The van der Waals surface area contributed by atoms with E-state index in [1.54, 1.807) is 13.1 Å². The first-order valence-electron chi connectivity index (χ1n) is 8.86. The summed E-state index contributed by atoms with van der Waals surface area (Å²) in [4.78, 5) is 6.69. The lowest BCUT2D eigenvalue weighted by Crippen LogP contribution is -2.45. The highest BCUT2D eigenvalue weighted by molar-refractivity contribution is 6.31. The minimum atomic E-state index is -0.314. The van der Waals surface area contributed by atoms with Crippen LogP contribution in [0.1, 0.15) is 32.8 Å². The van der Waals surface area contributed by atoms with Gasteiger partial charge in [-0.15, -0.1) is 0 Å². The van der Waals surface area contributed by atoms with Crippen LogP contribution < -0.4 is 5.32 Å². The van der Waals surface area contributed by atoms with Crippen molar-refractivity contribution in [1.29, 1.82) is 0 Å². The zero-order valence-electron chi connectivity index (χ0n) is 15.6. The van der Waals surface area contributed by atoms with Crippen LogP contribution >= 0.6 is 11.6 Å². The molecule has 1 fully saturated rings. The Hall–Kier alpha value is -1.33. The van der Waals surface area contributed by atoms with Gasteiger partial charge in [-0.1, -0.05) is 31.5 Å². The lowest BCUT2D eigenvalue weighted by molar-refractivity contribution is 0.114. The summed E-state index contributed by atoms with van der Waals surface area (Å²) in [5.74, 6) is 1.13. The molecule has 6 heteroatoms. The van der Waals surface area contributed by atoms with E-state index in [1.807, 2.05) is 6.92 Å². The number of ether oxygens (including phenoxy) is 1. The molecule has 25 heavy (non-hydrogen) atoms. The standard InChI is InChI=1S/C19H29ClFN3O/c1-5-25-12-14-8-9-24(11-14)18(22-4)23-13-19(2,3)16-7-6-15(21)10-17(16)20/h6-7,10,14H,5,8-9,11-13H2,1-4H3,(H,22,23). The van der Waals surface area contributed by atoms with E-state index in [2.05, 4.69) is 29.1 Å². The molecule has 140 valence electrons. The average Bonchev–Trinajstić information content (AvgIpc) is 3.01. The highest BCUT2D eigenvalue weighted by Gasteiger charge is 2.28. The second-order valence-electron chi connectivity index (χ2n) is 7.17. The molecule has 1 heterocycles. The van der Waals surface area contributed by atoms with E-state index in [1.165, 1.54) is 12.1 Å². The molecule has 1 aromatic rings. The van der Waals surface area contributed by atoms with E-state index in [0.717, 1.165) is 44.2 Å². The maximum absolute atomic E-state index is 13.3. The average molecular weight is 370 g/mol. The number of hydrogen-bond acceptors (Lipinski definition) is 2. The number of rotatable bonds is 6. The molecule has 2 rings (SSSR count). The number of halogens is 2. The molecule has 0 radical (unpaired) electrons. The van der Waals surface area contributed by atoms with Gasteiger partial charge in [-0.05, 0) is 31.0 Å². The van der Waals surface area contributed by atoms with Crippen molar-refractivity contribution in [1.82, 2.24) is 10.2 Å². The molecule has 0 amide bonds. The van der Waals surface area contributed by atoms with Gasteiger partial charge in [-0.3, -0.25) is 4.99 Å². The lowest BCUT2D eigenvalue weighted by Gasteiger charge is -2.30. The van der Waals surface area contributed by atoms with E-state index in [4.69, 9.17) is 16.3 Å². The van der Waals surface area contributed by atoms with Crippen LogP contribution in [0.3, 0.4) is 0 Å². The Balaban J connectivity index is 1.96. The van der Waals surface area contributed by atoms with Crippen molar-refractivity contribution >= 4 is 17.6 Å². The van der Waals surface area contributed by atoms with Gasteiger partial charge in [0.1, 0.15) is 5.82 Å². The van der Waals surface area contributed by atoms with Crippen molar-refractivity contribution < 1.29 is 9.13 Å². The molecular weight excluding hydrogens is 341 g/mol. The number of likely N-dealkylation sites (tertiary alicyclic amines) is 1. The zero-order chi connectivity index (χ0) is 18.4. The summed E-state index contributed by atoms with van der Waals surface area (Å²) in [6.45, 7) is 10.4. The Morgan fingerprint density at radius 1 is 1.48 bits per heavy atom. The molecule has 1 aliphatic heterocycles. The SMILES string of the molecule is CCOCC1CCN(C(=NC)NCC(C)(C)c2ccc(F)cc2Cl)C1. The predicted molar refractivity (Wildman–Crippen MR) is 102 cm³/mol. The van der Waals surface area contributed by atoms with E-state index in [-0.39, 0.29) is 11.2 Å². The highest BCUT2D eigenvalue weighted by atomic mass is 35.5. The van der Waals surface area contributed by atoms with Crippen molar-refractivity contribution in [2.75, 3.05) is 39.9 Å². The van der Waals surface area contributed by atoms with Gasteiger partial charge < -0.3 is 15.0 Å². The maximum Gasteiger partial charge on any atom is 0.193 e. The second-order valence-corrected chi connectivity index (χ2v) is 7.58. The van der Waals surface area contributed by atoms with E-state index in [9.17, 15) is 4.39 Å². The molecule has 4 nitrogen and oxygen atoms in total. The molecule has 0 spiro atoms. The minimum Gasteiger partial charge on any atom is -0.381 e. The van der Waals surface area contributed by atoms with E-state index < -0.39 is 0 Å². The number of guanidine groups is 1. The third-order valence-corrected chi connectivity index (χ3v) is 5.02. The lowest BCUT2D eigenvalue weighted by atomic mass is 9.84. The van der Waals surface area contributed by atoms with Crippen LogP contribution in [0.25, 0.3) is 0 Å². The molecule has 1 aliphatic rings. The topological polar surface area (TPSA) is 36.9 Å². The van der Waals surface area contributed by atoms with Crippen LogP contribution in [0.2, 0.25) is 5.02 Å². The first kappa shape index (κ1) is 20.0. The van der Waals surface area contributed by atoms with Crippen LogP contribution in [0.5, 0.6) is 0 Å². The molecule has 1 aromatic carbocycles. The summed E-state index contributed by atoms with van der Waals surface area (Å²) in [6.07, 6.45) is 1.12. The molecule has 0 saturated carbocycles. The third-order valence-electron chi connectivity index (χ3n) is 4.70. The van der Waals surface area contributed by atoms with Gasteiger partial charge in [-0.2, -0.15) is 0 Å². The molecule has 1 N–H and O–H groups in total. The van der Waals surface area contributed by atoms with E-state index >= 15 is 0 Å². The second kappa shape index (κ2) is 8.86. The summed E-state index contributed by atoms with van der Waals surface area (Å²) < 4.78 is 18.8. The Kier molecular flexibility index (Phi) is 7.08. The molecule has 1 atom stereocenters. The van der Waals surface area contributed by atoms with Crippen LogP contribution in [0.4, 0.5) is 4.39 Å². The van der Waals surface area contributed by atoms with Gasteiger partial charge >= 0.3 is 0 Å². The Morgan fingerprint density at radius 3 is 2.88 bits per heavy atom. The van der Waals surface area contributed by atoms with Gasteiger partial charge in [0.2, 0.25) is 0 Å². The maximum atomic E-state index is 13.3. The number of hydrogen-bond donors (Lipinski definition) is 1. The van der Waals surface area contributed by atoms with Crippen molar-refractivity contribution in [2.45, 2.75) is 32.6 Å². The number of benzene rings is 1. The van der Waals surface area contributed by atoms with E-state index in [0.29, 0.717) is 17.5 Å². The quantitative estimate of drug-likeness (QED) is 0.613. The summed E-state index contributed by atoms with van der Waals surface area (Å²) in [7, 11) is 1.80. The minimum absolute atomic E-state index is 0.245. The van der Waals surface area contributed by atoms with Gasteiger partial charge in [0, 0.05) is 49.6 Å². The van der Waals surface area contributed by atoms with Crippen LogP contribution in [0, 0.1) is 11.7 Å². The Morgan fingerprint density at radius 2 is 2.24 bits per heavy atom. The summed E-state index contributed by atoms with van der Waals surface area (Å²) in [6, 6.07) is 4.58. The summed E-state index contributed by atoms with van der Waals surface area (Å²) in [5.41, 5.74) is 0.680. The van der Waals surface area contributed by atoms with Gasteiger partial charge in [0.05, 0.1) is 6.61 Å². The fraction of sp³-hybridized carbons (Fsp3) is 0.632. The number of nitrogens with zero attached hydrogens (tertiary/aromatic N) is 2.